The summed E-state index contributed by atoms with van der Waals surface area (Å²) in [5.74, 6) is 0. The third-order valence-corrected chi connectivity index (χ3v) is 11.4. The van der Waals surface area contributed by atoms with Crippen molar-refractivity contribution < 1.29 is 9.47 Å². The highest BCUT2D eigenvalue weighted by Crippen LogP contribution is 2.40. The van der Waals surface area contributed by atoms with E-state index in [9.17, 15) is 0 Å². The topological polar surface area (TPSA) is 18.5 Å². The largest absolute Gasteiger partial charge is 0.379 e. The van der Waals surface area contributed by atoms with Crippen molar-refractivity contribution >= 4 is 19.0 Å². The Morgan fingerprint density at radius 3 is 2.17 bits per heavy atom. The van der Waals surface area contributed by atoms with Gasteiger partial charge < -0.3 is 9.47 Å². The van der Waals surface area contributed by atoms with Gasteiger partial charge in [-0.1, -0.05) is 58.0 Å². The maximum Gasteiger partial charge on any atom is 0.0727 e. The van der Waals surface area contributed by atoms with E-state index in [1.165, 1.54) is 99.8 Å². The zero-order valence-electron chi connectivity index (χ0n) is 16.7. The molecular weight excluding hydrogens is 328 g/mol. The van der Waals surface area contributed by atoms with E-state index in [-0.39, 0.29) is 10.4 Å². The minimum atomic E-state index is -0.873. The molecule has 2 nitrogen and oxygen atoms in total. The molecule has 2 aliphatic heterocycles. The molecule has 0 bridgehead atoms. The molecular formula is C20H42O2Si2. The highest BCUT2D eigenvalue weighted by molar-refractivity contribution is 6.60. The zero-order valence-corrected chi connectivity index (χ0v) is 19.9. The van der Waals surface area contributed by atoms with E-state index in [0.717, 1.165) is 13.2 Å². The number of hydrogen-bond acceptors (Lipinski definition) is 2. The van der Waals surface area contributed by atoms with Crippen LogP contribution in [0, 0.1) is 0 Å². The lowest BCUT2D eigenvalue weighted by atomic mass is 9.97. The van der Waals surface area contributed by atoms with Crippen LogP contribution in [-0.2, 0) is 9.47 Å². The molecule has 0 aliphatic carbocycles. The van der Waals surface area contributed by atoms with Gasteiger partial charge in [-0.2, -0.15) is 0 Å². The third kappa shape index (κ3) is 6.26. The van der Waals surface area contributed by atoms with Crippen molar-refractivity contribution in [3.8, 4) is 0 Å². The molecule has 0 saturated carbocycles. The van der Waals surface area contributed by atoms with E-state index in [4.69, 9.17) is 9.47 Å². The van der Waals surface area contributed by atoms with Gasteiger partial charge in [-0.15, -0.1) is 0 Å². The van der Waals surface area contributed by atoms with Crippen molar-refractivity contribution in [1.29, 1.82) is 0 Å². The number of unbranched alkanes of at least 4 members (excludes halogenated alkanes) is 5. The fourth-order valence-corrected chi connectivity index (χ4v) is 9.71. The smallest absolute Gasteiger partial charge is 0.0727 e. The Hall–Kier alpha value is 0.354. The number of hydrogen-bond donors (Lipinski definition) is 0. The van der Waals surface area contributed by atoms with Crippen LogP contribution in [0.5, 0.6) is 0 Å². The van der Waals surface area contributed by atoms with Gasteiger partial charge in [0.1, 0.15) is 0 Å². The molecule has 4 heteroatoms. The minimum absolute atomic E-state index is 0.220. The lowest BCUT2D eigenvalue weighted by Crippen LogP contribution is -2.55. The fourth-order valence-electron chi connectivity index (χ4n) is 4.83. The molecule has 2 fully saturated rings. The molecule has 0 aromatic carbocycles. The van der Waals surface area contributed by atoms with Gasteiger partial charge in [0.05, 0.1) is 19.2 Å². The lowest BCUT2D eigenvalue weighted by Gasteiger charge is -2.48. The van der Waals surface area contributed by atoms with E-state index < -0.39 is 8.80 Å². The average Bonchev–Trinajstić information content (AvgIpc) is 2.59. The van der Waals surface area contributed by atoms with Crippen molar-refractivity contribution in [2.45, 2.75) is 113 Å². The highest BCUT2D eigenvalue weighted by atomic mass is 28.3. The van der Waals surface area contributed by atoms with Gasteiger partial charge in [-0.05, 0) is 44.9 Å². The first-order valence-corrected chi connectivity index (χ1v) is 14.4. The Morgan fingerprint density at radius 2 is 1.54 bits per heavy atom. The van der Waals surface area contributed by atoms with Crippen molar-refractivity contribution in [3.05, 3.63) is 0 Å². The first-order chi connectivity index (χ1) is 11.6. The molecule has 0 amide bonds. The molecule has 2 rings (SSSR count). The van der Waals surface area contributed by atoms with Crippen LogP contribution in [0.3, 0.4) is 0 Å². The van der Waals surface area contributed by atoms with Gasteiger partial charge in [0.2, 0.25) is 0 Å². The summed E-state index contributed by atoms with van der Waals surface area (Å²) in [6.07, 6.45) is 17.7. The van der Waals surface area contributed by atoms with Crippen LogP contribution in [0.25, 0.3) is 0 Å². The summed E-state index contributed by atoms with van der Waals surface area (Å²) in [6.45, 7) is 6.90. The van der Waals surface area contributed by atoms with E-state index in [1.807, 2.05) is 0 Å². The molecule has 3 unspecified atom stereocenters. The second-order valence-corrected chi connectivity index (χ2v) is 14.0. The Balaban J connectivity index is 1.86. The second-order valence-electron chi connectivity index (χ2n) is 8.76. The Morgan fingerprint density at radius 1 is 0.875 bits per heavy atom. The monoisotopic (exact) mass is 370 g/mol. The molecule has 0 spiro atoms. The van der Waals surface area contributed by atoms with Crippen LogP contribution < -0.4 is 0 Å². The second kappa shape index (κ2) is 10.5. The van der Waals surface area contributed by atoms with Gasteiger partial charge in [0, 0.05) is 23.5 Å². The summed E-state index contributed by atoms with van der Waals surface area (Å²) in [5.41, 5.74) is 0. The fraction of sp³-hybridized carbons (Fsp3) is 1.00. The molecule has 2 aliphatic rings. The van der Waals surface area contributed by atoms with E-state index >= 15 is 0 Å². The maximum atomic E-state index is 6.59. The molecule has 0 aromatic rings. The normalized spacial score (nSPS) is 32.8. The standard InChI is InChI=1S/C20H42O2Si2/c1-3-4-5-6-7-12-17-24(2)20(14-9-11-16-22-20)18-19(23)13-8-10-15-21-19/h24H,3-18H2,1-2,23H3. The number of rotatable bonds is 10. The van der Waals surface area contributed by atoms with Crippen LogP contribution >= 0.6 is 0 Å². The SMILES string of the molecule is CCCCCCCC[SiH](C)C1(CC2([SiH3])CCCCO2)CCCCO1. The minimum Gasteiger partial charge on any atom is -0.379 e. The van der Waals surface area contributed by atoms with E-state index in [1.54, 1.807) is 0 Å². The van der Waals surface area contributed by atoms with Crippen molar-refractivity contribution in [1.82, 2.24) is 0 Å². The summed E-state index contributed by atoms with van der Waals surface area (Å²) in [5, 5.41) is 0.471. The van der Waals surface area contributed by atoms with Gasteiger partial charge in [-0.25, -0.2) is 0 Å². The Labute approximate surface area is 155 Å². The Kier molecular flexibility index (Phi) is 9.03. The molecule has 2 saturated heterocycles. The number of ether oxygens (including phenoxy) is 2. The average molecular weight is 371 g/mol. The lowest BCUT2D eigenvalue weighted by molar-refractivity contribution is -0.0945. The highest BCUT2D eigenvalue weighted by Gasteiger charge is 2.45. The summed E-state index contributed by atoms with van der Waals surface area (Å²) in [7, 11) is 0.296. The predicted octanol–water partition coefficient (Wildman–Crippen LogP) is 4.33. The van der Waals surface area contributed by atoms with Gasteiger partial charge in [-0.3, -0.25) is 0 Å². The van der Waals surface area contributed by atoms with Gasteiger partial charge >= 0.3 is 0 Å². The van der Waals surface area contributed by atoms with Crippen molar-refractivity contribution in [3.63, 3.8) is 0 Å². The predicted molar refractivity (Wildman–Crippen MR) is 111 cm³/mol. The van der Waals surface area contributed by atoms with Crippen LogP contribution in [0.4, 0.5) is 0 Å². The van der Waals surface area contributed by atoms with Crippen LogP contribution in [0.2, 0.25) is 12.6 Å². The van der Waals surface area contributed by atoms with Gasteiger partial charge in [0.25, 0.3) is 0 Å². The van der Waals surface area contributed by atoms with Crippen LogP contribution in [-0.4, -0.2) is 42.7 Å². The molecule has 24 heavy (non-hydrogen) atoms. The Bertz CT molecular complexity index is 337. The zero-order chi connectivity index (χ0) is 17.3. The molecule has 2 heterocycles. The maximum absolute atomic E-state index is 6.59. The summed E-state index contributed by atoms with van der Waals surface area (Å²) in [6, 6.07) is 1.48. The first kappa shape index (κ1) is 20.7. The van der Waals surface area contributed by atoms with Gasteiger partial charge in [0.15, 0.2) is 0 Å². The summed E-state index contributed by atoms with van der Waals surface area (Å²) < 4.78 is 12.9. The summed E-state index contributed by atoms with van der Waals surface area (Å²) >= 11 is 0. The molecule has 0 radical (unpaired) electrons. The van der Waals surface area contributed by atoms with Crippen molar-refractivity contribution in [2.75, 3.05) is 13.2 Å². The quantitative estimate of drug-likeness (QED) is 0.421. The van der Waals surface area contributed by atoms with E-state index in [2.05, 4.69) is 13.5 Å². The van der Waals surface area contributed by atoms with Crippen LogP contribution in [0.1, 0.15) is 90.4 Å². The first-order valence-electron chi connectivity index (χ1n) is 10.9. The third-order valence-electron chi connectivity index (χ3n) is 6.50. The van der Waals surface area contributed by atoms with Crippen LogP contribution in [0.15, 0.2) is 0 Å². The molecule has 142 valence electrons. The molecule has 3 atom stereocenters. The van der Waals surface area contributed by atoms with E-state index in [0.29, 0.717) is 0 Å². The van der Waals surface area contributed by atoms with Crippen molar-refractivity contribution in [2.24, 2.45) is 0 Å². The molecule has 0 N–H and O–H groups in total. The summed E-state index contributed by atoms with van der Waals surface area (Å²) in [4.78, 5) is 0. The molecule has 0 aromatic heterocycles.